The number of rotatable bonds is 4. The van der Waals surface area contributed by atoms with Crippen LogP contribution in [0.2, 0.25) is 0 Å². The number of aliphatic hydroxyl groups excluding tert-OH is 1. The van der Waals surface area contributed by atoms with Crippen molar-refractivity contribution < 1.29 is 14.3 Å². The van der Waals surface area contributed by atoms with Crippen LogP contribution in [0.15, 0.2) is 16.5 Å². The number of piperidine rings is 1. The van der Waals surface area contributed by atoms with E-state index in [9.17, 15) is 4.79 Å². The van der Waals surface area contributed by atoms with Gasteiger partial charge in [0, 0.05) is 19.6 Å². The van der Waals surface area contributed by atoms with Crippen LogP contribution >= 0.6 is 0 Å². The lowest BCUT2D eigenvalue weighted by Crippen LogP contribution is -2.52. The Morgan fingerprint density at radius 2 is 1.96 bits per heavy atom. The Hall–Kier alpha value is -1.33. The van der Waals surface area contributed by atoms with Crippen LogP contribution in [-0.4, -0.2) is 47.0 Å². The Morgan fingerprint density at radius 3 is 2.62 bits per heavy atom. The van der Waals surface area contributed by atoms with E-state index in [2.05, 4.69) is 30.6 Å². The summed E-state index contributed by atoms with van der Waals surface area (Å²) in [6.45, 7) is 10.7. The number of furan rings is 1. The highest BCUT2D eigenvalue weighted by Crippen LogP contribution is 2.41. The van der Waals surface area contributed by atoms with Crippen LogP contribution in [0.3, 0.4) is 0 Å². The second-order valence-electron chi connectivity index (χ2n) is 8.66. The zero-order valence-electron chi connectivity index (χ0n) is 15.2. The van der Waals surface area contributed by atoms with Crippen molar-refractivity contribution in [1.82, 2.24) is 9.80 Å². The van der Waals surface area contributed by atoms with Crippen LogP contribution in [-0.2, 0) is 17.9 Å². The van der Waals surface area contributed by atoms with Gasteiger partial charge in [-0.3, -0.25) is 9.69 Å². The fourth-order valence-corrected chi connectivity index (χ4v) is 4.16. The van der Waals surface area contributed by atoms with Crippen molar-refractivity contribution >= 4 is 5.91 Å². The first-order chi connectivity index (χ1) is 11.3. The monoisotopic (exact) mass is 334 g/mol. The Kier molecular flexibility index (Phi) is 4.76. The molecule has 1 unspecified atom stereocenters. The predicted molar refractivity (Wildman–Crippen MR) is 92.2 cm³/mol. The Morgan fingerprint density at radius 1 is 1.21 bits per heavy atom. The summed E-state index contributed by atoms with van der Waals surface area (Å²) < 4.78 is 5.60. The summed E-state index contributed by atoms with van der Waals surface area (Å²) in [7, 11) is 0. The van der Waals surface area contributed by atoms with Crippen LogP contribution in [0, 0.1) is 10.8 Å². The standard InChI is InChI=1S/C19H30N2O3/c1-18(2,3)13-21-9-4-7-19(17(21)23)8-10-20(14-19)11-15-5-6-16(12-22)24-15/h5-6,22H,4,7-14H2,1-3H3. The number of hydrogen-bond acceptors (Lipinski definition) is 4. The Labute approximate surface area is 144 Å². The summed E-state index contributed by atoms with van der Waals surface area (Å²) in [6.07, 6.45) is 3.05. The SMILES string of the molecule is CC(C)(C)CN1CCCC2(CCN(Cc3ccc(CO)o3)C2)C1=O. The van der Waals surface area contributed by atoms with Crippen molar-refractivity contribution in [2.75, 3.05) is 26.2 Å². The van der Waals surface area contributed by atoms with Gasteiger partial charge in [0.2, 0.25) is 5.91 Å². The smallest absolute Gasteiger partial charge is 0.230 e. The average molecular weight is 334 g/mol. The molecule has 2 aliphatic heterocycles. The van der Waals surface area contributed by atoms with Gasteiger partial charge in [-0.2, -0.15) is 0 Å². The molecule has 0 aromatic carbocycles. The first-order valence-corrected chi connectivity index (χ1v) is 9.02. The van der Waals surface area contributed by atoms with Gasteiger partial charge in [-0.25, -0.2) is 0 Å². The largest absolute Gasteiger partial charge is 0.462 e. The van der Waals surface area contributed by atoms with Gasteiger partial charge in [0.1, 0.15) is 18.1 Å². The van der Waals surface area contributed by atoms with E-state index in [4.69, 9.17) is 9.52 Å². The van der Waals surface area contributed by atoms with E-state index in [0.29, 0.717) is 18.2 Å². The molecule has 1 aromatic heterocycles. The minimum absolute atomic E-state index is 0.0653. The summed E-state index contributed by atoms with van der Waals surface area (Å²) in [4.78, 5) is 17.5. The number of amides is 1. The van der Waals surface area contributed by atoms with Crippen LogP contribution in [0.5, 0.6) is 0 Å². The lowest BCUT2D eigenvalue weighted by Gasteiger charge is -2.42. The summed E-state index contributed by atoms with van der Waals surface area (Å²) in [5, 5.41) is 9.11. The molecule has 2 saturated heterocycles. The molecule has 3 rings (SSSR count). The fourth-order valence-electron chi connectivity index (χ4n) is 4.16. The Bertz CT molecular complexity index is 590. The van der Waals surface area contributed by atoms with Crippen LogP contribution in [0.4, 0.5) is 0 Å². The van der Waals surface area contributed by atoms with E-state index in [1.807, 2.05) is 12.1 Å². The number of carbonyl (C=O) groups is 1. The molecule has 1 spiro atoms. The maximum atomic E-state index is 13.1. The van der Waals surface area contributed by atoms with Gasteiger partial charge in [0.15, 0.2) is 0 Å². The van der Waals surface area contributed by atoms with E-state index < -0.39 is 0 Å². The lowest BCUT2D eigenvalue weighted by atomic mass is 9.77. The molecule has 1 aromatic rings. The molecule has 0 radical (unpaired) electrons. The van der Waals surface area contributed by atoms with E-state index >= 15 is 0 Å². The van der Waals surface area contributed by atoms with Crippen molar-refractivity contribution in [2.45, 2.75) is 53.2 Å². The average Bonchev–Trinajstić information content (AvgIpc) is 3.11. The topological polar surface area (TPSA) is 56.9 Å². The molecule has 0 bridgehead atoms. The molecular formula is C19H30N2O3. The molecule has 1 amide bonds. The van der Waals surface area contributed by atoms with Gasteiger partial charge in [-0.05, 0) is 43.4 Å². The Balaban J connectivity index is 1.65. The highest BCUT2D eigenvalue weighted by Gasteiger charge is 2.48. The number of carbonyl (C=O) groups excluding carboxylic acids is 1. The van der Waals surface area contributed by atoms with Crippen LogP contribution < -0.4 is 0 Å². The van der Waals surface area contributed by atoms with Gasteiger partial charge in [0.25, 0.3) is 0 Å². The number of nitrogens with zero attached hydrogens (tertiary/aromatic N) is 2. The molecule has 24 heavy (non-hydrogen) atoms. The number of aliphatic hydroxyl groups is 1. The van der Waals surface area contributed by atoms with Crippen molar-refractivity contribution in [3.63, 3.8) is 0 Å². The van der Waals surface area contributed by atoms with Crippen molar-refractivity contribution in [3.05, 3.63) is 23.7 Å². The second-order valence-corrected chi connectivity index (χ2v) is 8.66. The highest BCUT2D eigenvalue weighted by atomic mass is 16.4. The van der Waals surface area contributed by atoms with Gasteiger partial charge < -0.3 is 14.4 Å². The molecule has 3 heterocycles. The molecule has 1 N–H and O–H groups in total. The third kappa shape index (κ3) is 3.67. The predicted octanol–water partition coefficient (Wildman–Crippen LogP) is 2.63. The summed E-state index contributed by atoms with van der Waals surface area (Å²) in [5.74, 6) is 1.82. The number of likely N-dealkylation sites (tertiary alicyclic amines) is 2. The molecule has 1 atom stereocenters. The van der Waals surface area contributed by atoms with Gasteiger partial charge in [0.05, 0.1) is 12.0 Å². The molecule has 2 fully saturated rings. The van der Waals surface area contributed by atoms with Gasteiger partial charge in [-0.1, -0.05) is 20.8 Å². The first-order valence-electron chi connectivity index (χ1n) is 9.02. The molecule has 0 saturated carbocycles. The molecule has 5 heteroatoms. The summed E-state index contributed by atoms with van der Waals surface area (Å²) >= 11 is 0. The minimum atomic E-state index is -0.199. The summed E-state index contributed by atoms with van der Waals surface area (Å²) in [6, 6.07) is 3.74. The van der Waals surface area contributed by atoms with E-state index in [0.717, 1.165) is 51.2 Å². The van der Waals surface area contributed by atoms with Gasteiger partial charge >= 0.3 is 0 Å². The quantitative estimate of drug-likeness (QED) is 0.920. The molecule has 5 nitrogen and oxygen atoms in total. The molecule has 0 aliphatic carbocycles. The van der Waals surface area contributed by atoms with Crippen LogP contribution in [0.25, 0.3) is 0 Å². The van der Waals surface area contributed by atoms with Crippen molar-refractivity contribution in [3.8, 4) is 0 Å². The van der Waals surface area contributed by atoms with Crippen LogP contribution in [0.1, 0.15) is 51.6 Å². The molecular weight excluding hydrogens is 304 g/mol. The fraction of sp³-hybridized carbons (Fsp3) is 0.737. The minimum Gasteiger partial charge on any atom is -0.462 e. The maximum absolute atomic E-state index is 13.1. The second kappa shape index (κ2) is 6.52. The van der Waals surface area contributed by atoms with E-state index in [1.165, 1.54) is 0 Å². The zero-order chi connectivity index (χ0) is 17.4. The van der Waals surface area contributed by atoms with E-state index in [-0.39, 0.29) is 17.4 Å². The maximum Gasteiger partial charge on any atom is 0.230 e. The first kappa shape index (κ1) is 17.5. The van der Waals surface area contributed by atoms with Crippen molar-refractivity contribution in [2.24, 2.45) is 10.8 Å². The molecule has 134 valence electrons. The van der Waals surface area contributed by atoms with E-state index in [1.54, 1.807) is 0 Å². The molecule has 2 aliphatic rings. The highest BCUT2D eigenvalue weighted by molar-refractivity contribution is 5.84. The summed E-state index contributed by atoms with van der Waals surface area (Å²) in [5.41, 5.74) is -0.0583. The third-order valence-electron chi connectivity index (χ3n) is 5.17. The van der Waals surface area contributed by atoms with Gasteiger partial charge in [-0.15, -0.1) is 0 Å². The normalized spacial score (nSPS) is 25.8. The number of hydrogen-bond donors (Lipinski definition) is 1. The third-order valence-corrected chi connectivity index (χ3v) is 5.17. The van der Waals surface area contributed by atoms with Crippen molar-refractivity contribution in [1.29, 1.82) is 0 Å². The zero-order valence-corrected chi connectivity index (χ0v) is 15.2. The lowest BCUT2D eigenvalue weighted by molar-refractivity contribution is -0.147.